The minimum absolute atomic E-state index is 0.242. The van der Waals surface area contributed by atoms with Crippen LogP contribution in [0.25, 0.3) is 0 Å². The molecule has 0 aliphatic carbocycles. The first-order valence-corrected chi connectivity index (χ1v) is 6.12. The maximum atomic E-state index is 9.57. The summed E-state index contributed by atoms with van der Waals surface area (Å²) in [5.74, 6) is 0.544. The van der Waals surface area contributed by atoms with Gasteiger partial charge in [0.05, 0.1) is 12.7 Å². The summed E-state index contributed by atoms with van der Waals surface area (Å²) in [6.45, 7) is 7.86. The van der Waals surface area contributed by atoms with Crippen LogP contribution < -0.4 is 5.32 Å². The Morgan fingerprint density at radius 2 is 1.94 bits per heavy atom. The van der Waals surface area contributed by atoms with Crippen molar-refractivity contribution in [2.45, 2.75) is 32.8 Å². The van der Waals surface area contributed by atoms with Crippen LogP contribution in [-0.2, 0) is 9.47 Å². The number of hydrogen-bond donors (Lipinski definition) is 2. The van der Waals surface area contributed by atoms with E-state index in [0.29, 0.717) is 19.1 Å². The third-order valence-corrected chi connectivity index (χ3v) is 2.18. The van der Waals surface area contributed by atoms with Gasteiger partial charge in [0.25, 0.3) is 0 Å². The van der Waals surface area contributed by atoms with Crippen LogP contribution in [-0.4, -0.2) is 51.2 Å². The highest BCUT2D eigenvalue weighted by atomic mass is 16.5. The minimum atomic E-state index is -0.242. The quantitative estimate of drug-likeness (QED) is 0.524. The lowest BCUT2D eigenvalue weighted by molar-refractivity contribution is 0.0994. The summed E-state index contributed by atoms with van der Waals surface area (Å²) in [4.78, 5) is 0. The molecule has 4 heteroatoms. The van der Waals surface area contributed by atoms with E-state index in [1.54, 1.807) is 7.11 Å². The Bertz CT molecular complexity index is 142. The lowest BCUT2D eigenvalue weighted by atomic mass is 10.1. The van der Waals surface area contributed by atoms with Crippen molar-refractivity contribution in [3.8, 4) is 0 Å². The van der Waals surface area contributed by atoms with E-state index >= 15 is 0 Å². The largest absolute Gasteiger partial charge is 0.392 e. The predicted molar refractivity (Wildman–Crippen MR) is 65.6 cm³/mol. The van der Waals surface area contributed by atoms with Crippen LogP contribution in [0.1, 0.15) is 26.7 Å². The zero-order valence-electron chi connectivity index (χ0n) is 10.9. The van der Waals surface area contributed by atoms with Gasteiger partial charge < -0.3 is 19.9 Å². The first kappa shape index (κ1) is 15.8. The van der Waals surface area contributed by atoms with Crippen molar-refractivity contribution in [1.82, 2.24) is 5.32 Å². The summed E-state index contributed by atoms with van der Waals surface area (Å²) in [5.41, 5.74) is 0. The topological polar surface area (TPSA) is 50.7 Å². The highest BCUT2D eigenvalue weighted by molar-refractivity contribution is 4.61. The number of hydrogen-bond acceptors (Lipinski definition) is 4. The van der Waals surface area contributed by atoms with Gasteiger partial charge in [0.15, 0.2) is 0 Å². The molecule has 0 saturated heterocycles. The average molecular weight is 233 g/mol. The van der Waals surface area contributed by atoms with Gasteiger partial charge in [-0.3, -0.25) is 0 Å². The Balaban J connectivity index is 3.08. The second-order valence-electron chi connectivity index (χ2n) is 4.45. The standard InChI is InChI=1S/C12H27NO3/c1-11(2)9-12(14)10-13-5-8-16-7-4-6-15-3/h11-14H,4-10H2,1-3H3. The molecular formula is C12H27NO3. The molecule has 0 aromatic rings. The van der Waals surface area contributed by atoms with Crippen LogP contribution in [0, 0.1) is 5.92 Å². The van der Waals surface area contributed by atoms with Crippen molar-refractivity contribution in [2.75, 3.05) is 40.0 Å². The molecule has 0 aromatic carbocycles. The van der Waals surface area contributed by atoms with Crippen LogP contribution in [0.15, 0.2) is 0 Å². The van der Waals surface area contributed by atoms with Gasteiger partial charge in [-0.15, -0.1) is 0 Å². The summed E-state index contributed by atoms with van der Waals surface area (Å²) < 4.78 is 10.3. The van der Waals surface area contributed by atoms with Gasteiger partial charge in [-0.2, -0.15) is 0 Å². The molecule has 1 unspecified atom stereocenters. The van der Waals surface area contributed by atoms with Crippen LogP contribution in [0.3, 0.4) is 0 Å². The molecule has 1 atom stereocenters. The molecule has 2 N–H and O–H groups in total. The van der Waals surface area contributed by atoms with Gasteiger partial charge in [0.1, 0.15) is 0 Å². The Morgan fingerprint density at radius 1 is 1.19 bits per heavy atom. The fourth-order valence-corrected chi connectivity index (χ4v) is 1.45. The number of methoxy groups -OCH3 is 1. The Labute approximate surface area is 99.3 Å². The Morgan fingerprint density at radius 3 is 2.56 bits per heavy atom. The second kappa shape index (κ2) is 11.3. The molecule has 98 valence electrons. The lowest BCUT2D eigenvalue weighted by Gasteiger charge is -2.13. The number of aliphatic hydroxyl groups excluding tert-OH is 1. The molecule has 0 fully saturated rings. The Kier molecular flexibility index (Phi) is 11.2. The SMILES string of the molecule is COCCCOCCNCC(O)CC(C)C. The molecule has 4 nitrogen and oxygen atoms in total. The first-order valence-electron chi connectivity index (χ1n) is 6.12. The summed E-state index contributed by atoms with van der Waals surface area (Å²) >= 11 is 0. The Hall–Kier alpha value is -0.160. The number of rotatable bonds is 11. The monoisotopic (exact) mass is 233 g/mol. The molecule has 0 amide bonds. The van der Waals surface area contributed by atoms with Gasteiger partial charge in [0.2, 0.25) is 0 Å². The van der Waals surface area contributed by atoms with E-state index < -0.39 is 0 Å². The molecule has 0 saturated carbocycles. The third-order valence-electron chi connectivity index (χ3n) is 2.18. The smallest absolute Gasteiger partial charge is 0.0667 e. The first-order chi connectivity index (χ1) is 7.66. The highest BCUT2D eigenvalue weighted by Gasteiger charge is 2.05. The highest BCUT2D eigenvalue weighted by Crippen LogP contribution is 2.02. The van der Waals surface area contributed by atoms with Crippen LogP contribution in [0.2, 0.25) is 0 Å². The van der Waals surface area contributed by atoms with E-state index in [0.717, 1.165) is 32.6 Å². The van der Waals surface area contributed by atoms with E-state index in [-0.39, 0.29) is 6.10 Å². The summed E-state index contributed by atoms with van der Waals surface area (Å²) in [6.07, 6.45) is 1.54. The van der Waals surface area contributed by atoms with Crippen molar-refractivity contribution in [3.05, 3.63) is 0 Å². The second-order valence-corrected chi connectivity index (χ2v) is 4.45. The molecule has 0 aliphatic heterocycles. The van der Waals surface area contributed by atoms with Crippen LogP contribution in [0.4, 0.5) is 0 Å². The molecule has 0 radical (unpaired) electrons. The maximum absolute atomic E-state index is 9.57. The molecule has 0 bridgehead atoms. The van der Waals surface area contributed by atoms with Crippen molar-refractivity contribution < 1.29 is 14.6 Å². The van der Waals surface area contributed by atoms with Gasteiger partial charge in [0, 0.05) is 33.4 Å². The molecule has 16 heavy (non-hydrogen) atoms. The molecule has 0 heterocycles. The van der Waals surface area contributed by atoms with Crippen LogP contribution >= 0.6 is 0 Å². The van der Waals surface area contributed by atoms with Crippen molar-refractivity contribution >= 4 is 0 Å². The molecule has 0 spiro atoms. The number of nitrogens with one attached hydrogen (secondary N) is 1. The predicted octanol–water partition coefficient (Wildman–Crippen LogP) is 1.04. The van der Waals surface area contributed by atoms with E-state index in [9.17, 15) is 5.11 Å². The van der Waals surface area contributed by atoms with Gasteiger partial charge >= 0.3 is 0 Å². The fourth-order valence-electron chi connectivity index (χ4n) is 1.45. The van der Waals surface area contributed by atoms with Gasteiger partial charge in [-0.25, -0.2) is 0 Å². The lowest BCUT2D eigenvalue weighted by Crippen LogP contribution is -2.30. The number of ether oxygens (including phenoxy) is 2. The van der Waals surface area contributed by atoms with E-state index in [4.69, 9.17) is 9.47 Å². The zero-order chi connectivity index (χ0) is 12.2. The third kappa shape index (κ3) is 11.9. The maximum Gasteiger partial charge on any atom is 0.0667 e. The van der Waals surface area contributed by atoms with Crippen molar-refractivity contribution in [2.24, 2.45) is 5.92 Å². The van der Waals surface area contributed by atoms with Crippen molar-refractivity contribution in [3.63, 3.8) is 0 Å². The van der Waals surface area contributed by atoms with Crippen molar-refractivity contribution in [1.29, 1.82) is 0 Å². The summed E-state index contributed by atoms with van der Waals surface area (Å²) in [6, 6.07) is 0. The number of aliphatic hydroxyl groups is 1. The van der Waals surface area contributed by atoms with E-state index in [1.165, 1.54) is 0 Å². The normalized spacial score (nSPS) is 13.3. The fraction of sp³-hybridized carbons (Fsp3) is 1.00. The zero-order valence-corrected chi connectivity index (χ0v) is 10.9. The summed E-state index contributed by atoms with van der Waals surface area (Å²) in [5, 5.41) is 12.7. The van der Waals surface area contributed by atoms with E-state index in [2.05, 4.69) is 19.2 Å². The van der Waals surface area contributed by atoms with Crippen LogP contribution in [0.5, 0.6) is 0 Å². The minimum Gasteiger partial charge on any atom is -0.392 e. The molecule has 0 aromatic heterocycles. The average Bonchev–Trinajstić information content (AvgIpc) is 2.21. The van der Waals surface area contributed by atoms with E-state index in [1.807, 2.05) is 0 Å². The molecular weight excluding hydrogens is 206 g/mol. The van der Waals surface area contributed by atoms with Gasteiger partial charge in [-0.05, 0) is 18.8 Å². The molecule has 0 aliphatic rings. The summed E-state index contributed by atoms with van der Waals surface area (Å²) in [7, 11) is 1.69. The van der Waals surface area contributed by atoms with Gasteiger partial charge in [-0.1, -0.05) is 13.8 Å². The molecule has 0 rings (SSSR count).